The van der Waals surface area contributed by atoms with Crippen LogP contribution in [-0.2, 0) is 0 Å². The van der Waals surface area contributed by atoms with Crippen LogP contribution in [0.3, 0.4) is 0 Å². The van der Waals surface area contributed by atoms with Gasteiger partial charge in [0, 0.05) is 19.1 Å². The second-order valence-corrected chi connectivity index (χ2v) is 6.79. The Hall–Kier alpha value is -0.310. The Kier molecular flexibility index (Phi) is 3.29. The van der Waals surface area contributed by atoms with E-state index < -0.39 is 0 Å². The van der Waals surface area contributed by atoms with Crippen LogP contribution in [0.1, 0.15) is 45.4 Å². The minimum atomic E-state index is 0.695. The van der Waals surface area contributed by atoms with Gasteiger partial charge >= 0.3 is 0 Å². The normalized spacial score (nSPS) is 37.5. The van der Waals surface area contributed by atoms with Crippen molar-refractivity contribution in [2.45, 2.75) is 51.5 Å². The van der Waals surface area contributed by atoms with Crippen molar-refractivity contribution < 1.29 is 0 Å². The maximum Gasteiger partial charge on any atom is 0.169 e. The first-order valence-electron chi connectivity index (χ1n) is 7.28. The molecule has 0 aromatic heterocycles. The summed E-state index contributed by atoms with van der Waals surface area (Å²) >= 11 is 5.58. The largest absolute Gasteiger partial charge is 0.360 e. The molecule has 0 spiro atoms. The standard InChI is InChI=1S/C14H24N2S/c1-10-4-6-16(7-5-10)14(17)15-13-9-11-2-3-12(13)8-11/h10-13H,2-9H2,1H3,(H,15,17)/t11-,12-,13+/m1/s1. The van der Waals surface area contributed by atoms with Gasteiger partial charge < -0.3 is 10.2 Å². The zero-order valence-electron chi connectivity index (χ0n) is 10.8. The lowest BCUT2D eigenvalue weighted by Gasteiger charge is -2.35. The van der Waals surface area contributed by atoms with Gasteiger partial charge in [0.25, 0.3) is 0 Å². The fourth-order valence-corrected chi connectivity index (χ4v) is 4.22. The molecule has 2 nitrogen and oxygen atoms in total. The number of thiocarbonyl (C=S) groups is 1. The molecule has 0 aromatic rings. The SMILES string of the molecule is CC1CCN(C(=S)N[C@H]2C[C@@H]3CC[C@@H]2C3)CC1. The molecular formula is C14H24N2S. The van der Waals surface area contributed by atoms with Crippen LogP contribution in [0.5, 0.6) is 0 Å². The van der Waals surface area contributed by atoms with E-state index in [4.69, 9.17) is 12.2 Å². The number of likely N-dealkylation sites (tertiary alicyclic amines) is 1. The van der Waals surface area contributed by atoms with Crippen molar-refractivity contribution in [1.82, 2.24) is 10.2 Å². The summed E-state index contributed by atoms with van der Waals surface area (Å²) < 4.78 is 0. The first-order valence-corrected chi connectivity index (χ1v) is 7.68. The van der Waals surface area contributed by atoms with Crippen LogP contribution in [-0.4, -0.2) is 29.1 Å². The molecule has 0 aromatic carbocycles. The topological polar surface area (TPSA) is 15.3 Å². The highest BCUT2D eigenvalue weighted by molar-refractivity contribution is 7.80. The molecule has 96 valence electrons. The van der Waals surface area contributed by atoms with Gasteiger partial charge in [-0.2, -0.15) is 0 Å². The average molecular weight is 252 g/mol. The van der Waals surface area contributed by atoms with E-state index in [1.54, 1.807) is 0 Å². The molecular weight excluding hydrogens is 228 g/mol. The van der Waals surface area contributed by atoms with Crippen molar-refractivity contribution in [3.63, 3.8) is 0 Å². The summed E-state index contributed by atoms with van der Waals surface area (Å²) in [5, 5.41) is 4.69. The lowest BCUT2D eigenvalue weighted by molar-refractivity contribution is 0.270. The van der Waals surface area contributed by atoms with Crippen molar-refractivity contribution in [2.24, 2.45) is 17.8 Å². The Morgan fingerprint density at radius 1 is 1.12 bits per heavy atom. The van der Waals surface area contributed by atoms with Crippen LogP contribution in [0.15, 0.2) is 0 Å². The fraction of sp³-hybridized carbons (Fsp3) is 0.929. The monoisotopic (exact) mass is 252 g/mol. The number of nitrogens with zero attached hydrogens (tertiary/aromatic N) is 1. The van der Waals surface area contributed by atoms with Gasteiger partial charge in [-0.15, -0.1) is 0 Å². The Bertz CT molecular complexity index is 297. The van der Waals surface area contributed by atoms with E-state index in [1.165, 1.54) is 38.5 Å². The Balaban J connectivity index is 1.50. The van der Waals surface area contributed by atoms with Gasteiger partial charge in [-0.1, -0.05) is 13.3 Å². The number of piperidine rings is 1. The molecule has 0 amide bonds. The minimum absolute atomic E-state index is 0.695. The van der Waals surface area contributed by atoms with Crippen LogP contribution in [0, 0.1) is 17.8 Å². The third-order valence-electron chi connectivity index (χ3n) is 5.12. The van der Waals surface area contributed by atoms with Crippen molar-refractivity contribution in [1.29, 1.82) is 0 Å². The summed E-state index contributed by atoms with van der Waals surface area (Å²) in [5.74, 6) is 2.81. The summed E-state index contributed by atoms with van der Waals surface area (Å²) in [7, 11) is 0. The third kappa shape index (κ3) is 2.44. The number of hydrogen-bond donors (Lipinski definition) is 1. The average Bonchev–Trinajstić information content (AvgIpc) is 2.91. The second-order valence-electron chi connectivity index (χ2n) is 6.40. The van der Waals surface area contributed by atoms with Crippen molar-refractivity contribution >= 4 is 17.3 Å². The van der Waals surface area contributed by atoms with Gasteiger partial charge in [-0.3, -0.25) is 0 Å². The Morgan fingerprint density at radius 3 is 2.47 bits per heavy atom. The highest BCUT2D eigenvalue weighted by atomic mass is 32.1. The first kappa shape index (κ1) is 11.8. The van der Waals surface area contributed by atoms with Gasteiger partial charge in [0.1, 0.15) is 0 Å². The zero-order valence-corrected chi connectivity index (χ0v) is 11.6. The molecule has 2 aliphatic carbocycles. The number of rotatable bonds is 1. The predicted molar refractivity (Wildman–Crippen MR) is 74.9 cm³/mol. The molecule has 0 unspecified atom stereocenters. The van der Waals surface area contributed by atoms with Gasteiger partial charge in [0.05, 0.1) is 0 Å². The van der Waals surface area contributed by atoms with Crippen LogP contribution in [0.2, 0.25) is 0 Å². The minimum Gasteiger partial charge on any atom is -0.360 e. The van der Waals surface area contributed by atoms with E-state index in [0.717, 1.165) is 36.0 Å². The molecule has 3 rings (SSSR count). The lowest BCUT2D eigenvalue weighted by Crippen LogP contribution is -2.48. The van der Waals surface area contributed by atoms with E-state index in [0.29, 0.717) is 6.04 Å². The molecule has 1 heterocycles. The molecule has 2 saturated carbocycles. The van der Waals surface area contributed by atoms with Gasteiger partial charge in [0.15, 0.2) is 5.11 Å². The van der Waals surface area contributed by atoms with E-state index >= 15 is 0 Å². The number of nitrogens with one attached hydrogen (secondary N) is 1. The Labute approximate surface area is 110 Å². The van der Waals surface area contributed by atoms with Gasteiger partial charge in [-0.25, -0.2) is 0 Å². The van der Waals surface area contributed by atoms with E-state index in [9.17, 15) is 0 Å². The zero-order chi connectivity index (χ0) is 11.8. The summed E-state index contributed by atoms with van der Waals surface area (Å²) in [5.41, 5.74) is 0. The second kappa shape index (κ2) is 4.75. The maximum absolute atomic E-state index is 5.58. The molecule has 1 aliphatic heterocycles. The number of hydrogen-bond acceptors (Lipinski definition) is 1. The Morgan fingerprint density at radius 2 is 1.88 bits per heavy atom. The molecule has 1 saturated heterocycles. The molecule has 2 bridgehead atoms. The molecule has 17 heavy (non-hydrogen) atoms. The van der Waals surface area contributed by atoms with Crippen LogP contribution in [0.25, 0.3) is 0 Å². The molecule has 3 aliphatic rings. The summed E-state index contributed by atoms with van der Waals surface area (Å²) in [4.78, 5) is 2.39. The van der Waals surface area contributed by atoms with E-state index in [2.05, 4.69) is 17.1 Å². The molecule has 1 N–H and O–H groups in total. The quantitative estimate of drug-likeness (QED) is 0.723. The van der Waals surface area contributed by atoms with Gasteiger partial charge in [0.2, 0.25) is 0 Å². The van der Waals surface area contributed by atoms with E-state index in [1.807, 2.05) is 0 Å². The first-order chi connectivity index (χ1) is 8.22. The summed E-state index contributed by atoms with van der Waals surface area (Å²) in [6.45, 7) is 4.67. The maximum atomic E-state index is 5.58. The van der Waals surface area contributed by atoms with Crippen molar-refractivity contribution in [3.05, 3.63) is 0 Å². The van der Waals surface area contributed by atoms with Crippen molar-refractivity contribution in [3.8, 4) is 0 Å². The highest BCUT2D eigenvalue weighted by Crippen LogP contribution is 2.44. The summed E-state index contributed by atoms with van der Waals surface area (Å²) in [6.07, 6.45) is 8.34. The summed E-state index contributed by atoms with van der Waals surface area (Å²) in [6, 6.07) is 0.695. The van der Waals surface area contributed by atoms with Gasteiger partial charge in [-0.05, 0) is 62.1 Å². The van der Waals surface area contributed by atoms with Crippen LogP contribution >= 0.6 is 12.2 Å². The molecule has 0 radical (unpaired) electrons. The van der Waals surface area contributed by atoms with Crippen LogP contribution in [0.4, 0.5) is 0 Å². The molecule has 3 heteroatoms. The molecule has 3 fully saturated rings. The highest BCUT2D eigenvalue weighted by Gasteiger charge is 2.40. The van der Waals surface area contributed by atoms with Crippen LogP contribution < -0.4 is 5.32 Å². The smallest absolute Gasteiger partial charge is 0.169 e. The predicted octanol–water partition coefficient (Wildman–Crippen LogP) is 2.78. The van der Waals surface area contributed by atoms with E-state index in [-0.39, 0.29) is 0 Å². The number of fused-ring (bicyclic) bond motifs is 2. The fourth-order valence-electron chi connectivity index (χ4n) is 3.88. The third-order valence-corrected chi connectivity index (χ3v) is 5.49. The van der Waals surface area contributed by atoms with Crippen molar-refractivity contribution in [2.75, 3.05) is 13.1 Å². The lowest BCUT2D eigenvalue weighted by atomic mass is 9.95. The molecule has 3 atom stereocenters.